The minimum atomic E-state index is 0.351. The van der Waals surface area contributed by atoms with Crippen molar-refractivity contribution < 1.29 is 13.9 Å². The molecule has 4 rings (SSSR count). The molecule has 1 aliphatic rings. The van der Waals surface area contributed by atoms with Crippen molar-refractivity contribution >= 4 is 0 Å². The first-order valence-corrected chi connectivity index (χ1v) is 9.18. The molecule has 0 unspecified atom stereocenters. The predicted molar refractivity (Wildman–Crippen MR) is 103 cm³/mol. The predicted octanol–water partition coefficient (Wildman–Crippen LogP) is 4.05. The van der Waals surface area contributed by atoms with Crippen LogP contribution in [0.25, 0.3) is 11.5 Å². The summed E-state index contributed by atoms with van der Waals surface area (Å²) in [7, 11) is 3.28. The Labute approximate surface area is 159 Å². The number of fused-ring (bicyclic) bond motifs is 1. The van der Waals surface area contributed by atoms with Crippen molar-refractivity contribution in [2.75, 3.05) is 20.8 Å². The number of nitrogens with zero attached hydrogens (tertiary/aromatic N) is 3. The Hall–Kier alpha value is -2.73. The van der Waals surface area contributed by atoms with E-state index in [-0.39, 0.29) is 0 Å². The molecule has 1 aliphatic heterocycles. The van der Waals surface area contributed by atoms with Crippen LogP contribution in [0.15, 0.2) is 40.9 Å². The molecule has 0 amide bonds. The second-order valence-corrected chi connectivity index (χ2v) is 6.86. The molecule has 0 saturated carbocycles. The number of hydrogen-bond donors (Lipinski definition) is 0. The Morgan fingerprint density at radius 2 is 2.04 bits per heavy atom. The van der Waals surface area contributed by atoms with Crippen LogP contribution < -0.4 is 9.47 Å². The lowest BCUT2D eigenvalue weighted by Gasteiger charge is -2.34. The van der Waals surface area contributed by atoms with Gasteiger partial charge in [-0.05, 0) is 38.1 Å². The molecule has 0 fully saturated rings. The van der Waals surface area contributed by atoms with Crippen molar-refractivity contribution in [1.82, 2.24) is 14.5 Å². The van der Waals surface area contributed by atoms with E-state index in [1.54, 1.807) is 14.2 Å². The van der Waals surface area contributed by atoms with Gasteiger partial charge in [0.05, 0.1) is 25.5 Å². The van der Waals surface area contributed by atoms with Crippen molar-refractivity contribution in [3.8, 4) is 23.0 Å². The molecule has 0 radical (unpaired) electrons. The summed E-state index contributed by atoms with van der Waals surface area (Å²) >= 11 is 0. The molecule has 6 nitrogen and oxygen atoms in total. The molecular weight excluding hydrogens is 342 g/mol. The van der Waals surface area contributed by atoms with Crippen LogP contribution in [0.3, 0.4) is 0 Å². The van der Waals surface area contributed by atoms with Crippen LogP contribution in [0.5, 0.6) is 11.5 Å². The van der Waals surface area contributed by atoms with Gasteiger partial charge in [-0.15, -0.1) is 0 Å². The highest BCUT2D eigenvalue weighted by atomic mass is 16.5. The molecule has 0 saturated heterocycles. The van der Waals surface area contributed by atoms with Crippen LogP contribution in [0.2, 0.25) is 0 Å². The molecule has 6 heteroatoms. The number of aromatic nitrogens is 2. The third-order valence-corrected chi connectivity index (χ3v) is 5.35. The third kappa shape index (κ3) is 3.21. The van der Waals surface area contributed by atoms with Crippen molar-refractivity contribution in [3.05, 3.63) is 53.7 Å². The van der Waals surface area contributed by atoms with Gasteiger partial charge in [0.1, 0.15) is 17.3 Å². The number of rotatable bonds is 5. The second-order valence-electron chi connectivity index (χ2n) is 6.86. The average Bonchev–Trinajstić information content (AvgIpc) is 3.30. The first kappa shape index (κ1) is 17.7. The van der Waals surface area contributed by atoms with Gasteiger partial charge in [0.25, 0.3) is 0 Å². The van der Waals surface area contributed by atoms with Gasteiger partial charge in [-0.3, -0.25) is 4.90 Å². The van der Waals surface area contributed by atoms with Crippen molar-refractivity contribution in [1.29, 1.82) is 0 Å². The van der Waals surface area contributed by atoms with E-state index in [0.717, 1.165) is 42.4 Å². The Morgan fingerprint density at radius 1 is 1.19 bits per heavy atom. The fourth-order valence-corrected chi connectivity index (χ4v) is 3.70. The third-order valence-electron chi connectivity index (χ3n) is 5.35. The van der Waals surface area contributed by atoms with Gasteiger partial charge in [0, 0.05) is 43.6 Å². The maximum atomic E-state index is 5.98. The summed E-state index contributed by atoms with van der Waals surface area (Å²) in [5.74, 6) is 2.85. The quantitative estimate of drug-likeness (QED) is 0.681. The molecule has 3 aromatic rings. The Morgan fingerprint density at radius 3 is 2.81 bits per heavy atom. The van der Waals surface area contributed by atoms with Gasteiger partial charge in [-0.25, -0.2) is 4.98 Å². The fourth-order valence-electron chi connectivity index (χ4n) is 3.70. The van der Waals surface area contributed by atoms with Crippen LogP contribution >= 0.6 is 0 Å². The topological polar surface area (TPSA) is 52.7 Å². The number of oxazole rings is 1. The minimum absolute atomic E-state index is 0.351. The summed E-state index contributed by atoms with van der Waals surface area (Å²) < 4.78 is 19.1. The largest absolute Gasteiger partial charge is 0.497 e. The van der Waals surface area contributed by atoms with E-state index in [0.29, 0.717) is 17.7 Å². The highest BCUT2D eigenvalue weighted by molar-refractivity contribution is 5.65. The zero-order valence-corrected chi connectivity index (χ0v) is 16.2. The molecule has 1 aromatic carbocycles. The SMILES string of the molecule is COc1ccc(-c2nc(CN3CCn4cccc4[C@@H]3C)c(C)o2)c(OC)c1. The van der Waals surface area contributed by atoms with Gasteiger partial charge in [-0.2, -0.15) is 0 Å². The first-order valence-electron chi connectivity index (χ1n) is 9.18. The van der Waals surface area contributed by atoms with Gasteiger partial charge < -0.3 is 18.5 Å². The maximum absolute atomic E-state index is 5.98. The van der Waals surface area contributed by atoms with E-state index in [2.05, 4.69) is 34.7 Å². The zero-order valence-electron chi connectivity index (χ0n) is 16.2. The summed E-state index contributed by atoms with van der Waals surface area (Å²) in [6.07, 6.45) is 2.15. The minimum Gasteiger partial charge on any atom is -0.497 e. The van der Waals surface area contributed by atoms with Gasteiger partial charge in [0.2, 0.25) is 5.89 Å². The number of methoxy groups -OCH3 is 2. The van der Waals surface area contributed by atoms with Crippen molar-refractivity contribution in [2.45, 2.75) is 33.0 Å². The van der Waals surface area contributed by atoms with Gasteiger partial charge in [0.15, 0.2) is 0 Å². The summed E-state index contributed by atoms with van der Waals surface area (Å²) in [6.45, 7) is 6.98. The van der Waals surface area contributed by atoms with E-state index in [4.69, 9.17) is 18.9 Å². The Balaban J connectivity index is 1.59. The van der Waals surface area contributed by atoms with E-state index in [9.17, 15) is 0 Å². The Kier molecular flexibility index (Phi) is 4.66. The molecule has 2 aromatic heterocycles. The second kappa shape index (κ2) is 7.12. The molecule has 0 bridgehead atoms. The number of hydrogen-bond acceptors (Lipinski definition) is 5. The smallest absolute Gasteiger partial charge is 0.230 e. The van der Waals surface area contributed by atoms with Crippen LogP contribution in [0.4, 0.5) is 0 Å². The van der Waals surface area contributed by atoms with Crippen LogP contribution in [0.1, 0.15) is 30.1 Å². The van der Waals surface area contributed by atoms with Crippen molar-refractivity contribution in [3.63, 3.8) is 0 Å². The molecule has 142 valence electrons. The van der Waals surface area contributed by atoms with Crippen LogP contribution in [-0.2, 0) is 13.1 Å². The lowest BCUT2D eigenvalue weighted by molar-refractivity contribution is 0.158. The molecule has 3 heterocycles. The van der Waals surface area contributed by atoms with Gasteiger partial charge >= 0.3 is 0 Å². The summed E-state index contributed by atoms with van der Waals surface area (Å²) in [5.41, 5.74) is 3.14. The summed E-state index contributed by atoms with van der Waals surface area (Å²) in [6, 6.07) is 10.3. The first-order chi connectivity index (χ1) is 13.1. The molecule has 0 N–H and O–H groups in total. The highest BCUT2D eigenvalue weighted by Crippen LogP contribution is 2.34. The zero-order chi connectivity index (χ0) is 19.0. The molecule has 0 aliphatic carbocycles. The lowest BCUT2D eigenvalue weighted by Crippen LogP contribution is -2.36. The van der Waals surface area contributed by atoms with Crippen LogP contribution in [0, 0.1) is 6.92 Å². The van der Waals surface area contributed by atoms with E-state index >= 15 is 0 Å². The number of ether oxygens (including phenoxy) is 2. The maximum Gasteiger partial charge on any atom is 0.230 e. The fraction of sp³-hybridized carbons (Fsp3) is 0.381. The standard InChI is InChI=1S/C21H25N3O3/c1-14-19-6-5-9-23(19)10-11-24(14)13-18-15(2)27-21(22-18)17-8-7-16(25-3)12-20(17)26-4/h5-9,12,14H,10-11,13H2,1-4H3/t14-/m0/s1. The lowest BCUT2D eigenvalue weighted by atomic mass is 10.1. The highest BCUT2D eigenvalue weighted by Gasteiger charge is 2.25. The normalized spacial score (nSPS) is 17.0. The molecule has 0 spiro atoms. The number of benzene rings is 1. The summed E-state index contributed by atoms with van der Waals surface area (Å²) in [5, 5.41) is 0. The molecule has 1 atom stereocenters. The van der Waals surface area contributed by atoms with Crippen LogP contribution in [-0.4, -0.2) is 35.2 Å². The molecular formula is C21H25N3O3. The summed E-state index contributed by atoms with van der Waals surface area (Å²) in [4.78, 5) is 7.22. The van der Waals surface area contributed by atoms with Gasteiger partial charge in [-0.1, -0.05) is 0 Å². The van der Waals surface area contributed by atoms with E-state index < -0.39 is 0 Å². The molecule has 27 heavy (non-hydrogen) atoms. The number of aryl methyl sites for hydroxylation is 1. The van der Waals surface area contributed by atoms with E-state index in [1.165, 1.54) is 5.69 Å². The Bertz CT molecular complexity index is 944. The van der Waals surface area contributed by atoms with E-state index in [1.807, 2.05) is 25.1 Å². The van der Waals surface area contributed by atoms with Crippen molar-refractivity contribution in [2.24, 2.45) is 0 Å². The average molecular weight is 367 g/mol. The monoisotopic (exact) mass is 367 g/mol.